The quantitative estimate of drug-likeness (QED) is 0.774. The van der Waals surface area contributed by atoms with E-state index in [2.05, 4.69) is 15.3 Å². The van der Waals surface area contributed by atoms with E-state index in [1.807, 2.05) is 29.6 Å². The monoisotopic (exact) mass is 298 g/mol. The number of aromatic nitrogens is 2. The molecule has 1 aromatic carbocycles. The Labute approximate surface area is 125 Å². The van der Waals surface area contributed by atoms with E-state index < -0.39 is 0 Å². The predicted molar refractivity (Wildman–Crippen MR) is 84.3 cm³/mol. The Kier molecular flexibility index (Phi) is 3.79. The normalized spacial score (nSPS) is 10.7. The molecule has 2 heterocycles. The van der Waals surface area contributed by atoms with Crippen molar-refractivity contribution in [2.45, 2.75) is 6.42 Å². The summed E-state index contributed by atoms with van der Waals surface area (Å²) in [6.07, 6.45) is 2.49. The molecule has 0 aliphatic carbocycles. The van der Waals surface area contributed by atoms with Crippen molar-refractivity contribution in [3.05, 3.63) is 52.5 Å². The van der Waals surface area contributed by atoms with Crippen LogP contribution in [-0.4, -0.2) is 22.4 Å². The molecule has 0 radical (unpaired) electrons. The van der Waals surface area contributed by atoms with E-state index in [1.54, 1.807) is 23.6 Å². The van der Waals surface area contributed by atoms with Crippen LogP contribution >= 0.6 is 11.3 Å². The van der Waals surface area contributed by atoms with Crippen LogP contribution in [0.15, 0.2) is 41.9 Å². The molecule has 0 saturated heterocycles. The van der Waals surface area contributed by atoms with Crippen molar-refractivity contribution >= 4 is 34.0 Å². The molecule has 6 heteroatoms. The fraction of sp³-hybridized carbons (Fsp3) is 0.133. The lowest BCUT2D eigenvalue weighted by Crippen LogP contribution is -2.26. The summed E-state index contributed by atoms with van der Waals surface area (Å²) >= 11 is 1.58. The third-order valence-corrected chi connectivity index (χ3v) is 3.93. The Morgan fingerprint density at radius 1 is 1.33 bits per heavy atom. The van der Waals surface area contributed by atoms with Gasteiger partial charge in [0.25, 0.3) is 5.91 Å². The maximum Gasteiger partial charge on any atom is 0.252 e. The number of hydrogen-bond donors (Lipinski definition) is 2. The fourth-order valence-corrected chi connectivity index (χ4v) is 2.76. The van der Waals surface area contributed by atoms with Gasteiger partial charge in [-0.15, -0.1) is 11.3 Å². The summed E-state index contributed by atoms with van der Waals surface area (Å²) in [4.78, 5) is 20.7. The number of fused-ring (bicyclic) bond motifs is 1. The van der Waals surface area contributed by atoms with E-state index in [-0.39, 0.29) is 5.91 Å². The average Bonchev–Trinajstić information content (AvgIpc) is 2.99. The second-order valence-corrected chi connectivity index (χ2v) is 5.52. The van der Waals surface area contributed by atoms with Crippen LogP contribution in [0.3, 0.4) is 0 Å². The van der Waals surface area contributed by atoms with Gasteiger partial charge in [-0.25, -0.2) is 9.97 Å². The number of thiazole rings is 1. The molecule has 0 fully saturated rings. The highest BCUT2D eigenvalue weighted by atomic mass is 32.1. The van der Waals surface area contributed by atoms with Crippen LogP contribution in [0.25, 0.3) is 10.9 Å². The van der Waals surface area contributed by atoms with E-state index in [0.29, 0.717) is 17.9 Å². The number of nitrogens with zero attached hydrogens (tertiary/aromatic N) is 2. The van der Waals surface area contributed by atoms with E-state index in [0.717, 1.165) is 22.3 Å². The zero-order chi connectivity index (χ0) is 14.7. The SMILES string of the molecule is Nc1cc(C(=O)NCCc2nccs2)c2ccccc2n1. The zero-order valence-corrected chi connectivity index (χ0v) is 12.1. The number of benzene rings is 1. The summed E-state index contributed by atoms with van der Waals surface area (Å²) in [5.74, 6) is 0.204. The van der Waals surface area contributed by atoms with Gasteiger partial charge in [-0.05, 0) is 12.1 Å². The van der Waals surface area contributed by atoms with Crippen LogP contribution in [0.2, 0.25) is 0 Å². The summed E-state index contributed by atoms with van der Waals surface area (Å²) in [7, 11) is 0. The van der Waals surface area contributed by atoms with Gasteiger partial charge in [0, 0.05) is 29.9 Å². The molecular weight excluding hydrogens is 284 g/mol. The van der Waals surface area contributed by atoms with E-state index in [1.165, 1.54) is 0 Å². The van der Waals surface area contributed by atoms with Crippen molar-refractivity contribution in [1.29, 1.82) is 0 Å². The molecule has 0 unspecified atom stereocenters. The molecule has 0 saturated carbocycles. The number of rotatable bonds is 4. The molecule has 21 heavy (non-hydrogen) atoms. The minimum absolute atomic E-state index is 0.142. The minimum atomic E-state index is -0.142. The second kappa shape index (κ2) is 5.88. The van der Waals surface area contributed by atoms with Crippen LogP contribution in [0.4, 0.5) is 5.82 Å². The maximum absolute atomic E-state index is 12.3. The van der Waals surface area contributed by atoms with Gasteiger partial charge in [0.2, 0.25) is 0 Å². The molecule has 0 aliphatic heterocycles. The highest BCUT2D eigenvalue weighted by Gasteiger charge is 2.11. The number of carbonyl (C=O) groups is 1. The first kappa shape index (κ1) is 13.5. The largest absolute Gasteiger partial charge is 0.384 e. The molecule has 0 atom stereocenters. The molecule has 5 nitrogen and oxygen atoms in total. The molecule has 2 aromatic heterocycles. The summed E-state index contributed by atoms with van der Waals surface area (Å²) in [5, 5.41) is 6.64. The minimum Gasteiger partial charge on any atom is -0.384 e. The molecule has 106 valence electrons. The lowest BCUT2D eigenvalue weighted by atomic mass is 10.1. The first-order valence-corrected chi connectivity index (χ1v) is 7.44. The first-order chi connectivity index (χ1) is 10.2. The Balaban J connectivity index is 1.78. The summed E-state index contributed by atoms with van der Waals surface area (Å²) in [5.41, 5.74) is 7.05. The molecule has 0 spiro atoms. The van der Waals surface area contributed by atoms with E-state index in [9.17, 15) is 4.79 Å². The number of hydrogen-bond acceptors (Lipinski definition) is 5. The van der Waals surface area contributed by atoms with Crippen molar-refractivity contribution in [1.82, 2.24) is 15.3 Å². The Hall–Kier alpha value is -2.47. The number of amides is 1. The third kappa shape index (κ3) is 3.00. The highest BCUT2D eigenvalue weighted by molar-refractivity contribution is 7.09. The molecule has 0 aliphatic rings. The van der Waals surface area contributed by atoms with Crippen molar-refractivity contribution in [2.75, 3.05) is 12.3 Å². The van der Waals surface area contributed by atoms with Gasteiger partial charge >= 0.3 is 0 Å². The fourth-order valence-electron chi connectivity index (χ4n) is 2.14. The molecule has 1 amide bonds. The lowest BCUT2D eigenvalue weighted by Gasteiger charge is -2.08. The Bertz CT molecular complexity index is 770. The zero-order valence-electron chi connectivity index (χ0n) is 11.2. The number of carbonyl (C=O) groups excluding carboxylic acids is 1. The van der Waals surface area contributed by atoms with Gasteiger partial charge in [0.15, 0.2) is 0 Å². The van der Waals surface area contributed by atoms with Gasteiger partial charge in [-0.2, -0.15) is 0 Å². The molecule has 3 aromatic rings. The van der Waals surface area contributed by atoms with Gasteiger partial charge in [-0.3, -0.25) is 4.79 Å². The maximum atomic E-state index is 12.3. The topological polar surface area (TPSA) is 80.9 Å². The standard InChI is InChI=1S/C15H14N4OS/c16-13-9-11(10-3-1-2-4-12(10)19-13)15(20)18-6-5-14-17-7-8-21-14/h1-4,7-9H,5-6H2,(H2,16,19)(H,18,20). The third-order valence-electron chi connectivity index (χ3n) is 3.09. The predicted octanol–water partition coefficient (Wildman–Crippen LogP) is 2.25. The number of para-hydroxylation sites is 1. The van der Waals surface area contributed by atoms with Crippen LogP contribution in [0.1, 0.15) is 15.4 Å². The van der Waals surface area contributed by atoms with Gasteiger partial charge < -0.3 is 11.1 Å². The second-order valence-electron chi connectivity index (χ2n) is 4.54. The van der Waals surface area contributed by atoms with E-state index in [4.69, 9.17) is 5.73 Å². The molecule has 0 bridgehead atoms. The van der Waals surface area contributed by atoms with Gasteiger partial charge in [0.05, 0.1) is 16.1 Å². The van der Waals surface area contributed by atoms with Crippen LogP contribution in [-0.2, 0) is 6.42 Å². The van der Waals surface area contributed by atoms with Gasteiger partial charge in [-0.1, -0.05) is 18.2 Å². The van der Waals surface area contributed by atoms with Crippen LogP contribution < -0.4 is 11.1 Å². The van der Waals surface area contributed by atoms with Gasteiger partial charge in [0.1, 0.15) is 5.82 Å². The number of pyridine rings is 1. The average molecular weight is 298 g/mol. The Morgan fingerprint density at radius 3 is 3.00 bits per heavy atom. The van der Waals surface area contributed by atoms with Crippen molar-refractivity contribution in [3.63, 3.8) is 0 Å². The van der Waals surface area contributed by atoms with Crippen LogP contribution in [0.5, 0.6) is 0 Å². The first-order valence-electron chi connectivity index (χ1n) is 6.56. The molecule has 3 rings (SSSR count). The van der Waals surface area contributed by atoms with Crippen molar-refractivity contribution in [2.24, 2.45) is 0 Å². The van der Waals surface area contributed by atoms with E-state index >= 15 is 0 Å². The lowest BCUT2D eigenvalue weighted by molar-refractivity contribution is 0.0956. The smallest absolute Gasteiger partial charge is 0.252 e. The van der Waals surface area contributed by atoms with Crippen molar-refractivity contribution < 1.29 is 4.79 Å². The number of anilines is 1. The number of nitrogens with one attached hydrogen (secondary N) is 1. The van der Waals surface area contributed by atoms with Crippen molar-refractivity contribution in [3.8, 4) is 0 Å². The number of nitrogens with two attached hydrogens (primary N) is 1. The summed E-state index contributed by atoms with van der Waals surface area (Å²) < 4.78 is 0. The summed E-state index contributed by atoms with van der Waals surface area (Å²) in [6.45, 7) is 0.545. The Morgan fingerprint density at radius 2 is 2.19 bits per heavy atom. The molecule has 3 N–H and O–H groups in total. The molecular formula is C15H14N4OS. The van der Waals surface area contributed by atoms with Crippen LogP contribution in [0, 0.1) is 0 Å². The highest BCUT2D eigenvalue weighted by Crippen LogP contribution is 2.19. The number of nitrogen functional groups attached to an aromatic ring is 1. The summed E-state index contributed by atoms with van der Waals surface area (Å²) in [6, 6.07) is 9.09.